The maximum absolute atomic E-state index is 11.2. The van der Waals surface area contributed by atoms with Gasteiger partial charge in [-0.2, -0.15) is 0 Å². The molecule has 1 aromatic rings. The second kappa shape index (κ2) is 7.85. The number of carbonyl (C=O) groups is 2. The van der Waals surface area contributed by atoms with Crippen molar-refractivity contribution in [2.75, 3.05) is 5.73 Å². The molecule has 0 fully saturated rings. The van der Waals surface area contributed by atoms with Crippen LogP contribution in [0.2, 0.25) is 0 Å². The van der Waals surface area contributed by atoms with Crippen LogP contribution in [0.5, 0.6) is 0 Å². The van der Waals surface area contributed by atoms with E-state index < -0.39 is 17.9 Å². The smallest absolute Gasteiger partial charge is 0.360 e. The Balaban J connectivity index is 2.88. The highest BCUT2D eigenvalue weighted by molar-refractivity contribution is 7.13. The maximum atomic E-state index is 11.2. The molecule has 122 valence electrons. The molecule has 0 spiro atoms. The number of nitrogen functional groups attached to an aromatic ring is 1. The molecule has 3 N–H and O–H groups in total. The minimum absolute atomic E-state index is 0.111. The van der Waals surface area contributed by atoms with Crippen molar-refractivity contribution in [3.8, 4) is 0 Å². The minimum Gasteiger partial charge on any atom is -0.476 e. The summed E-state index contributed by atoms with van der Waals surface area (Å²) in [6, 6.07) is 0. The summed E-state index contributed by atoms with van der Waals surface area (Å²) in [6.45, 7) is 5.44. The van der Waals surface area contributed by atoms with Gasteiger partial charge in [-0.1, -0.05) is 5.16 Å². The number of aromatic nitrogens is 1. The predicted octanol–water partition coefficient (Wildman–Crippen LogP) is 1.65. The van der Waals surface area contributed by atoms with Crippen LogP contribution < -0.4 is 5.73 Å². The first-order chi connectivity index (χ1) is 10.2. The molecule has 0 amide bonds. The lowest BCUT2D eigenvalue weighted by atomic mass is 10.2. The van der Waals surface area contributed by atoms with Gasteiger partial charge in [-0.3, -0.25) is 0 Å². The average molecular weight is 329 g/mol. The van der Waals surface area contributed by atoms with Crippen molar-refractivity contribution >= 4 is 34.4 Å². The molecule has 0 saturated heterocycles. The van der Waals surface area contributed by atoms with Gasteiger partial charge in [0.1, 0.15) is 12.0 Å². The zero-order chi connectivity index (χ0) is 16.8. The van der Waals surface area contributed by atoms with E-state index in [9.17, 15) is 14.7 Å². The molecule has 9 heteroatoms. The molecule has 1 rings (SSSR count). The molecule has 1 aromatic heterocycles. The molecule has 0 radical (unpaired) electrons. The molecular formula is C13H19N3O5S. The molecule has 0 aliphatic heterocycles. The highest BCUT2D eigenvalue weighted by Crippen LogP contribution is 2.17. The number of thiazole rings is 1. The van der Waals surface area contributed by atoms with E-state index in [1.165, 1.54) is 5.38 Å². The number of oxime groups is 1. The van der Waals surface area contributed by atoms with Gasteiger partial charge in [0.15, 0.2) is 5.13 Å². The number of carboxylic acids is 1. The zero-order valence-corrected chi connectivity index (χ0v) is 13.4. The van der Waals surface area contributed by atoms with Gasteiger partial charge >= 0.3 is 5.97 Å². The minimum atomic E-state index is -1.30. The number of carboxylic acid groups (broad SMARTS) is 1. The van der Waals surface area contributed by atoms with Gasteiger partial charge < -0.3 is 25.2 Å². The third-order valence-corrected chi connectivity index (χ3v) is 2.91. The maximum Gasteiger partial charge on any atom is 0.360 e. The largest absolute Gasteiger partial charge is 0.476 e. The quantitative estimate of drug-likeness (QED) is 0.321. The lowest BCUT2D eigenvalue weighted by Crippen LogP contribution is -2.29. The molecule has 0 aromatic carbocycles. The summed E-state index contributed by atoms with van der Waals surface area (Å²) < 4.78 is 5.59. The topological polar surface area (TPSA) is 124 Å². The Labute approximate surface area is 131 Å². The summed E-state index contributed by atoms with van der Waals surface area (Å²) in [4.78, 5) is 30.7. The summed E-state index contributed by atoms with van der Waals surface area (Å²) in [7, 11) is 0. The number of nitrogens with two attached hydrogens (primary N) is 1. The van der Waals surface area contributed by atoms with Crippen LogP contribution in [0, 0.1) is 0 Å². The zero-order valence-electron chi connectivity index (χ0n) is 12.6. The fourth-order valence-corrected chi connectivity index (χ4v) is 1.98. The number of hydrogen-bond acceptors (Lipinski definition) is 8. The molecule has 8 nitrogen and oxygen atoms in total. The molecular weight excluding hydrogens is 310 g/mol. The van der Waals surface area contributed by atoms with Crippen molar-refractivity contribution in [3.05, 3.63) is 11.1 Å². The second-order valence-electron chi connectivity index (χ2n) is 5.33. The standard InChI is InChI=1S/C13H19N3O5S/c1-13(2,3)20-9(5-4-6-17)21-16-10(11(18)19)8-7-22-12(14)15-8/h6-7,9H,4-5H2,1-3H3,(H2,14,15)(H,18,19). The van der Waals surface area contributed by atoms with Crippen LogP contribution in [0.25, 0.3) is 0 Å². The third-order valence-electron chi connectivity index (χ3n) is 2.23. The Hall–Kier alpha value is -2.00. The van der Waals surface area contributed by atoms with E-state index >= 15 is 0 Å². The van der Waals surface area contributed by atoms with Gasteiger partial charge in [0.25, 0.3) is 0 Å². The SMILES string of the molecule is CC(C)(C)OC(CCC=O)ON=C(C(=O)O)c1csc(N)n1. The average Bonchev–Trinajstić information content (AvgIpc) is 2.80. The summed E-state index contributed by atoms with van der Waals surface area (Å²) >= 11 is 1.10. The number of nitrogens with zero attached hydrogens (tertiary/aromatic N) is 2. The second-order valence-corrected chi connectivity index (χ2v) is 6.21. The molecule has 1 atom stereocenters. The van der Waals surface area contributed by atoms with Crippen LogP contribution in [0.1, 0.15) is 39.3 Å². The van der Waals surface area contributed by atoms with Gasteiger partial charge in [0.2, 0.25) is 12.0 Å². The number of aldehydes is 1. The van der Waals surface area contributed by atoms with E-state index in [4.69, 9.17) is 15.3 Å². The van der Waals surface area contributed by atoms with E-state index in [1.807, 2.05) is 20.8 Å². The van der Waals surface area contributed by atoms with Crippen molar-refractivity contribution in [1.29, 1.82) is 0 Å². The first kappa shape index (κ1) is 18.1. The van der Waals surface area contributed by atoms with Gasteiger partial charge in [-0.05, 0) is 20.8 Å². The fourth-order valence-electron chi connectivity index (χ4n) is 1.43. The first-order valence-corrected chi connectivity index (χ1v) is 7.41. The summed E-state index contributed by atoms with van der Waals surface area (Å²) in [5.74, 6) is -1.30. The Bertz CT molecular complexity index is 550. The summed E-state index contributed by atoms with van der Waals surface area (Å²) in [5, 5.41) is 14.5. The summed E-state index contributed by atoms with van der Waals surface area (Å²) in [5.41, 5.74) is 4.68. The molecule has 0 aliphatic carbocycles. The molecule has 0 aliphatic rings. The molecule has 1 heterocycles. The lowest BCUT2D eigenvalue weighted by molar-refractivity contribution is -0.198. The lowest BCUT2D eigenvalue weighted by Gasteiger charge is -2.25. The van der Waals surface area contributed by atoms with Crippen molar-refractivity contribution in [2.45, 2.75) is 45.5 Å². The van der Waals surface area contributed by atoms with Crippen LogP contribution in [0.4, 0.5) is 5.13 Å². The van der Waals surface area contributed by atoms with Crippen LogP contribution in [0.15, 0.2) is 10.5 Å². The Morgan fingerprint density at radius 1 is 1.59 bits per heavy atom. The van der Waals surface area contributed by atoms with Crippen molar-refractivity contribution in [3.63, 3.8) is 0 Å². The normalized spacial score (nSPS) is 13.7. The number of hydrogen-bond donors (Lipinski definition) is 2. The van der Waals surface area contributed by atoms with E-state index in [-0.39, 0.29) is 29.4 Å². The molecule has 1 unspecified atom stereocenters. The van der Waals surface area contributed by atoms with Gasteiger partial charge in [0, 0.05) is 18.2 Å². The number of ether oxygens (including phenoxy) is 1. The third kappa shape index (κ3) is 6.19. The Kier molecular flexibility index (Phi) is 6.44. The van der Waals surface area contributed by atoms with Crippen molar-refractivity contribution in [1.82, 2.24) is 4.98 Å². The van der Waals surface area contributed by atoms with Crippen molar-refractivity contribution < 1.29 is 24.3 Å². The van der Waals surface area contributed by atoms with Gasteiger partial charge in [0.05, 0.1) is 5.60 Å². The van der Waals surface area contributed by atoms with E-state index in [1.54, 1.807) is 0 Å². The van der Waals surface area contributed by atoms with E-state index in [2.05, 4.69) is 10.1 Å². The molecule has 22 heavy (non-hydrogen) atoms. The number of carbonyl (C=O) groups excluding carboxylic acids is 1. The molecule has 0 saturated carbocycles. The van der Waals surface area contributed by atoms with Crippen LogP contribution in [0.3, 0.4) is 0 Å². The highest BCUT2D eigenvalue weighted by Gasteiger charge is 2.22. The van der Waals surface area contributed by atoms with Crippen LogP contribution >= 0.6 is 11.3 Å². The Morgan fingerprint density at radius 3 is 2.73 bits per heavy atom. The van der Waals surface area contributed by atoms with Crippen LogP contribution in [-0.2, 0) is 19.2 Å². The van der Waals surface area contributed by atoms with Gasteiger partial charge in [-0.15, -0.1) is 11.3 Å². The Morgan fingerprint density at radius 2 is 2.27 bits per heavy atom. The monoisotopic (exact) mass is 329 g/mol. The molecule has 0 bridgehead atoms. The van der Waals surface area contributed by atoms with E-state index in [0.29, 0.717) is 0 Å². The predicted molar refractivity (Wildman–Crippen MR) is 81.7 cm³/mol. The first-order valence-electron chi connectivity index (χ1n) is 6.53. The highest BCUT2D eigenvalue weighted by atomic mass is 32.1. The van der Waals surface area contributed by atoms with Gasteiger partial charge in [-0.25, -0.2) is 9.78 Å². The van der Waals surface area contributed by atoms with Crippen molar-refractivity contribution in [2.24, 2.45) is 5.16 Å². The van der Waals surface area contributed by atoms with E-state index in [0.717, 1.165) is 17.6 Å². The summed E-state index contributed by atoms with van der Waals surface area (Å²) in [6.07, 6.45) is 0.361. The number of aliphatic carboxylic acids is 1. The fraction of sp³-hybridized carbons (Fsp3) is 0.538. The number of anilines is 1. The van der Waals surface area contributed by atoms with Crippen LogP contribution in [-0.4, -0.2) is 39.9 Å². The number of rotatable bonds is 8.